The number of hydrogen-bond donors (Lipinski definition) is 1. The van der Waals surface area contributed by atoms with Crippen molar-refractivity contribution < 1.29 is 9.59 Å². The van der Waals surface area contributed by atoms with E-state index in [0.717, 1.165) is 52.7 Å². The van der Waals surface area contributed by atoms with Crippen LogP contribution in [0.25, 0.3) is 16.7 Å². The van der Waals surface area contributed by atoms with Gasteiger partial charge in [-0.25, -0.2) is 4.98 Å². The van der Waals surface area contributed by atoms with Crippen molar-refractivity contribution >= 4 is 34.2 Å². The van der Waals surface area contributed by atoms with Gasteiger partial charge in [-0.15, -0.1) is 0 Å². The lowest BCUT2D eigenvalue weighted by Crippen LogP contribution is -2.28. The fourth-order valence-electron chi connectivity index (χ4n) is 5.00. The number of anilines is 2. The summed E-state index contributed by atoms with van der Waals surface area (Å²) in [7, 11) is 0. The van der Waals surface area contributed by atoms with E-state index in [2.05, 4.69) is 42.5 Å². The third-order valence-corrected chi connectivity index (χ3v) is 7.10. The largest absolute Gasteiger partial charge is 0.312 e. The van der Waals surface area contributed by atoms with Crippen LogP contribution in [0.1, 0.15) is 48.6 Å². The van der Waals surface area contributed by atoms with E-state index in [1.54, 1.807) is 9.58 Å². The van der Waals surface area contributed by atoms with E-state index in [0.29, 0.717) is 18.2 Å². The minimum absolute atomic E-state index is 0.0338. The molecule has 1 atom stereocenters. The molecule has 2 aromatic heterocycles. The molecular weight excluding hydrogens is 462 g/mol. The number of nitrogens with zero attached hydrogens (tertiary/aromatic N) is 4. The molecule has 1 N–H and O–H groups in total. The van der Waals surface area contributed by atoms with Gasteiger partial charge in [0.1, 0.15) is 5.82 Å². The Morgan fingerprint density at radius 1 is 1.05 bits per heavy atom. The molecule has 1 saturated heterocycles. The van der Waals surface area contributed by atoms with Crippen LogP contribution in [-0.4, -0.2) is 33.1 Å². The van der Waals surface area contributed by atoms with E-state index in [4.69, 9.17) is 4.98 Å². The van der Waals surface area contributed by atoms with Gasteiger partial charge in [-0.2, -0.15) is 9.78 Å². The lowest BCUT2D eigenvalue weighted by atomic mass is 10.1. The van der Waals surface area contributed by atoms with Crippen molar-refractivity contribution in [1.29, 1.82) is 0 Å². The Morgan fingerprint density at radius 3 is 2.59 bits per heavy atom. The van der Waals surface area contributed by atoms with Gasteiger partial charge in [0.25, 0.3) is 0 Å². The summed E-state index contributed by atoms with van der Waals surface area (Å²) in [5.41, 5.74) is 5.97. The van der Waals surface area contributed by atoms with Gasteiger partial charge < -0.3 is 10.2 Å². The number of aromatic nitrogens is 3. The fourth-order valence-corrected chi connectivity index (χ4v) is 5.00. The Hall–Kier alpha value is -4.00. The molecule has 0 bridgehead atoms. The van der Waals surface area contributed by atoms with Crippen LogP contribution in [-0.2, 0) is 16.0 Å². The van der Waals surface area contributed by atoms with Crippen LogP contribution >= 0.6 is 0 Å². The maximum absolute atomic E-state index is 13.3. The molecule has 37 heavy (non-hydrogen) atoms. The number of carbonyl (C=O) groups is 2. The number of amides is 2. The summed E-state index contributed by atoms with van der Waals surface area (Å²) in [6.45, 7) is 8.51. The molecule has 0 spiro atoms. The first-order valence-electron chi connectivity index (χ1n) is 13.0. The van der Waals surface area contributed by atoms with Crippen LogP contribution < -0.4 is 10.2 Å². The molecule has 0 aliphatic carbocycles. The molecule has 1 unspecified atom stereocenters. The summed E-state index contributed by atoms with van der Waals surface area (Å²) < 4.78 is 1.68. The monoisotopic (exact) mass is 495 g/mol. The maximum atomic E-state index is 13.3. The second-order valence-electron chi connectivity index (χ2n) is 10.0. The van der Waals surface area contributed by atoms with Crippen LogP contribution in [0.5, 0.6) is 0 Å². The molecule has 1 aliphatic heterocycles. The normalized spacial score (nSPS) is 15.5. The predicted molar refractivity (Wildman–Crippen MR) is 147 cm³/mol. The summed E-state index contributed by atoms with van der Waals surface area (Å²) in [4.78, 5) is 32.7. The molecule has 0 saturated carbocycles. The minimum atomic E-state index is -0.440. The van der Waals surface area contributed by atoms with Crippen molar-refractivity contribution in [3.63, 3.8) is 0 Å². The Labute approximate surface area is 217 Å². The van der Waals surface area contributed by atoms with Gasteiger partial charge in [-0.05, 0) is 68.5 Å². The highest BCUT2D eigenvalue weighted by molar-refractivity contribution is 6.03. The average Bonchev–Trinajstić information content (AvgIpc) is 3.45. The molecule has 1 fully saturated rings. The second-order valence-corrected chi connectivity index (χ2v) is 10.0. The van der Waals surface area contributed by atoms with Crippen LogP contribution in [0.15, 0.2) is 54.6 Å². The maximum Gasteiger partial charge on any atom is 0.230 e. The topological polar surface area (TPSA) is 80.1 Å². The van der Waals surface area contributed by atoms with E-state index in [9.17, 15) is 9.59 Å². The van der Waals surface area contributed by atoms with Gasteiger partial charge in [0, 0.05) is 30.1 Å². The van der Waals surface area contributed by atoms with Crippen molar-refractivity contribution in [3.8, 4) is 5.82 Å². The standard InChI is InChI=1S/C30H33N5O2/c1-5-6-9-22-11-13-24(14-12-22)34-18-23(17-28(34)36)30(37)32-27-16-21(4)33-35(27)26-15-20(3)25-10-7-8-19(2)29(25)31-26/h7-8,10-16,23H,5-6,9,17-18H2,1-4H3,(H,32,37). The number of pyridine rings is 1. The minimum Gasteiger partial charge on any atom is -0.312 e. The molecule has 5 rings (SSSR count). The number of carbonyl (C=O) groups excluding carboxylic acids is 2. The highest BCUT2D eigenvalue weighted by Crippen LogP contribution is 2.28. The fraction of sp³-hybridized carbons (Fsp3) is 0.333. The van der Waals surface area contributed by atoms with Crippen molar-refractivity contribution in [2.75, 3.05) is 16.8 Å². The molecule has 2 aromatic carbocycles. The first-order chi connectivity index (χ1) is 17.8. The quantitative estimate of drug-likeness (QED) is 0.358. The van der Waals surface area contributed by atoms with Crippen LogP contribution in [0.3, 0.4) is 0 Å². The van der Waals surface area contributed by atoms with E-state index in [1.165, 1.54) is 5.56 Å². The predicted octanol–water partition coefficient (Wildman–Crippen LogP) is 5.68. The lowest BCUT2D eigenvalue weighted by molar-refractivity contribution is -0.122. The van der Waals surface area contributed by atoms with E-state index in [1.807, 2.05) is 50.2 Å². The van der Waals surface area contributed by atoms with E-state index in [-0.39, 0.29) is 18.2 Å². The van der Waals surface area contributed by atoms with Gasteiger partial charge in [-0.3, -0.25) is 9.59 Å². The number of para-hydroxylation sites is 1. The molecule has 7 nitrogen and oxygen atoms in total. The number of fused-ring (bicyclic) bond motifs is 1. The zero-order valence-corrected chi connectivity index (χ0v) is 21.9. The average molecular weight is 496 g/mol. The first-order valence-corrected chi connectivity index (χ1v) is 13.0. The highest BCUT2D eigenvalue weighted by atomic mass is 16.2. The molecule has 2 amide bonds. The molecule has 1 aliphatic rings. The van der Waals surface area contributed by atoms with Crippen molar-refractivity contribution in [2.45, 2.75) is 53.4 Å². The Balaban J connectivity index is 1.35. The van der Waals surface area contributed by atoms with Crippen molar-refractivity contribution in [3.05, 3.63) is 77.0 Å². The highest BCUT2D eigenvalue weighted by Gasteiger charge is 2.35. The van der Waals surface area contributed by atoms with Gasteiger partial charge in [-0.1, -0.05) is 43.7 Å². The summed E-state index contributed by atoms with van der Waals surface area (Å²) in [5.74, 6) is 0.534. The summed E-state index contributed by atoms with van der Waals surface area (Å²) >= 11 is 0. The zero-order chi connectivity index (χ0) is 26.1. The van der Waals surface area contributed by atoms with Crippen LogP contribution in [0.4, 0.5) is 11.5 Å². The Bertz CT molecular complexity index is 1470. The van der Waals surface area contributed by atoms with Crippen LogP contribution in [0, 0.1) is 26.7 Å². The van der Waals surface area contributed by atoms with Gasteiger partial charge >= 0.3 is 0 Å². The summed E-state index contributed by atoms with van der Waals surface area (Å²) in [6.07, 6.45) is 3.52. The Morgan fingerprint density at radius 2 is 1.84 bits per heavy atom. The Kier molecular flexibility index (Phi) is 6.78. The SMILES string of the molecule is CCCCc1ccc(N2CC(C(=O)Nc3cc(C)nn3-c3cc(C)c4cccc(C)c4n3)CC2=O)cc1. The second kappa shape index (κ2) is 10.2. The molecule has 0 radical (unpaired) electrons. The zero-order valence-electron chi connectivity index (χ0n) is 21.9. The molecule has 7 heteroatoms. The van der Waals surface area contributed by atoms with E-state index < -0.39 is 5.92 Å². The van der Waals surface area contributed by atoms with Crippen molar-refractivity contribution in [2.24, 2.45) is 5.92 Å². The number of aryl methyl sites for hydroxylation is 4. The molecule has 190 valence electrons. The summed E-state index contributed by atoms with van der Waals surface area (Å²) in [6, 6.07) is 18.1. The van der Waals surface area contributed by atoms with Crippen molar-refractivity contribution in [1.82, 2.24) is 14.8 Å². The first kappa shape index (κ1) is 24.7. The molecule has 3 heterocycles. The van der Waals surface area contributed by atoms with Gasteiger partial charge in [0.05, 0.1) is 17.1 Å². The number of hydrogen-bond acceptors (Lipinski definition) is 4. The number of nitrogens with one attached hydrogen (secondary N) is 1. The third kappa shape index (κ3) is 4.99. The van der Waals surface area contributed by atoms with Crippen LogP contribution in [0.2, 0.25) is 0 Å². The van der Waals surface area contributed by atoms with Gasteiger partial charge in [0.2, 0.25) is 11.8 Å². The smallest absolute Gasteiger partial charge is 0.230 e. The third-order valence-electron chi connectivity index (χ3n) is 7.10. The lowest BCUT2D eigenvalue weighted by Gasteiger charge is -2.17. The molecule has 4 aromatic rings. The van der Waals surface area contributed by atoms with Gasteiger partial charge in [0.15, 0.2) is 5.82 Å². The number of unbranched alkanes of at least 4 members (excludes halogenated alkanes) is 1. The number of benzene rings is 2. The number of rotatable bonds is 7. The molecular formula is C30H33N5O2. The summed E-state index contributed by atoms with van der Waals surface area (Å²) in [5, 5.41) is 8.73. The van der Waals surface area contributed by atoms with E-state index >= 15 is 0 Å².